The Bertz CT molecular complexity index is 488. The van der Waals surface area contributed by atoms with Crippen LogP contribution in [0.25, 0.3) is 0 Å². The van der Waals surface area contributed by atoms with E-state index in [2.05, 4.69) is 0 Å². The van der Waals surface area contributed by atoms with Crippen LogP contribution in [0.1, 0.15) is 5.56 Å². The fourth-order valence-electron chi connectivity index (χ4n) is 1.81. The van der Waals surface area contributed by atoms with Gasteiger partial charge in [0.05, 0.1) is 5.75 Å². The minimum Gasteiger partial charge on any atom is -0.373 e. The zero-order valence-electron chi connectivity index (χ0n) is 11.0. The summed E-state index contributed by atoms with van der Waals surface area (Å²) < 4.78 is 39.0. The van der Waals surface area contributed by atoms with Crippen LogP contribution in [0.5, 0.6) is 0 Å². The molecular formula is C11H18O5SSi. The molecule has 0 aliphatic carbocycles. The zero-order chi connectivity index (χ0) is 13.8. The van der Waals surface area contributed by atoms with Crippen molar-refractivity contribution < 1.29 is 21.7 Å². The summed E-state index contributed by atoms with van der Waals surface area (Å²) in [5, 5.41) is 0.683. The molecule has 0 aliphatic rings. The number of hydrogen-bond donors (Lipinski definition) is 0. The minimum atomic E-state index is -3.13. The van der Waals surface area contributed by atoms with Gasteiger partial charge >= 0.3 is 8.80 Å². The van der Waals surface area contributed by atoms with Crippen molar-refractivity contribution in [1.29, 1.82) is 0 Å². The normalized spacial score (nSPS) is 12.7. The predicted octanol–water partition coefficient (Wildman–Crippen LogP) is 0.316. The summed E-state index contributed by atoms with van der Waals surface area (Å²) in [7, 11) is -1.64. The fraction of sp³-hybridized carbons (Fsp3) is 0.455. The molecule has 1 aromatic carbocycles. The van der Waals surface area contributed by atoms with Crippen LogP contribution in [0.4, 0.5) is 0 Å². The van der Waals surface area contributed by atoms with E-state index >= 15 is 0 Å². The summed E-state index contributed by atoms with van der Waals surface area (Å²) in [5.41, 5.74) is 0.650. The summed E-state index contributed by atoms with van der Waals surface area (Å²) in [5.74, 6) is -0.0615. The largest absolute Gasteiger partial charge is 0.536 e. The van der Waals surface area contributed by atoms with Gasteiger partial charge in [-0.2, -0.15) is 0 Å². The first-order valence-electron chi connectivity index (χ1n) is 5.30. The van der Waals surface area contributed by atoms with Crippen molar-refractivity contribution in [2.75, 3.05) is 27.6 Å². The Morgan fingerprint density at radius 1 is 1.06 bits per heavy atom. The summed E-state index contributed by atoms with van der Waals surface area (Å²) in [6, 6.07) is 7.11. The van der Waals surface area contributed by atoms with Crippen LogP contribution in [0.2, 0.25) is 0 Å². The molecule has 102 valence electrons. The molecule has 0 aliphatic heterocycles. The van der Waals surface area contributed by atoms with Crippen LogP contribution < -0.4 is 5.19 Å². The van der Waals surface area contributed by atoms with Crippen molar-refractivity contribution in [3.8, 4) is 0 Å². The van der Waals surface area contributed by atoms with E-state index in [1.807, 2.05) is 0 Å². The molecule has 0 fully saturated rings. The van der Waals surface area contributed by atoms with E-state index in [9.17, 15) is 8.42 Å². The molecule has 5 nitrogen and oxygen atoms in total. The van der Waals surface area contributed by atoms with Gasteiger partial charge in [-0.15, -0.1) is 0 Å². The van der Waals surface area contributed by atoms with Crippen LogP contribution in [0.3, 0.4) is 0 Å². The van der Waals surface area contributed by atoms with Crippen molar-refractivity contribution in [3.63, 3.8) is 0 Å². The quantitative estimate of drug-likeness (QED) is 0.706. The van der Waals surface area contributed by atoms with Gasteiger partial charge in [0.2, 0.25) is 0 Å². The number of hydrogen-bond acceptors (Lipinski definition) is 5. The van der Waals surface area contributed by atoms with Crippen molar-refractivity contribution in [2.24, 2.45) is 0 Å². The molecule has 0 spiro atoms. The van der Waals surface area contributed by atoms with Crippen molar-refractivity contribution in [2.45, 2.75) is 5.75 Å². The van der Waals surface area contributed by atoms with Crippen molar-refractivity contribution in [3.05, 3.63) is 29.8 Å². The lowest BCUT2D eigenvalue weighted by Gasteiger charge is -2.26. The van der Waals surface area contributed by atoms with E-state index in [1.54, 1.807) is 24.3 Å². The number of sulfone groups is 1. The summed E-state index contributed by atoms with van der Waals surface area (Å²) >= 11 is 0. The monoisotopic (exact) mass is 290 g/mol. The molecule has 0 unspecified atom stereocenters. The molecule has 0 atom stereocenters. The first-order valence-corrected chi connectivity index (χ1v) is 9.08. The van der Waals surface area contributed by atoms with Gasteiger partial charge in [0.1, 0.15) is 0 Å². The second-order valence-electron chi connectivity index (χ2n) is 3.90. The Kier molecular flexibility index (Phi) is 5.06. The van der Waals surface area contributed by atoms with E-state index in [4.69, 9.17) is 13.3 Å². The van der Waals surface area contributed by atoms with Crippen LogP contribution in [0.15, 0.2) is 24.3 Å². The third-order valence-corrected chi connectivity index (χ3v) is 6.17. The SMILES string of the molecule is CO[Si](OC)(OC)c1ccccc1CS(C)(=O)=O. The van der Waals surface area contributed by atoms with Crippen LogP contribution in [-0.2, 0) is 28.9 Å². The maximum absolute atomic E-state index is 11.4. The average Bonchev–Trinajstić information content (AvgIpc) is 2.32. The van der Waals surface area contributed by atoms with Gasteiger partial charge in [-0.05, 0) is 5.56 Å². The van der Waals surface area contributed by atoms with Gasteiger partial charge in [0.15, 0.2) is 9.84 Å². The van der Waals surface area contributed by atoms with Gasteiger partial charge in [0, 0.05) is 32.8 Å². The standard InChI is InChI=1S/C11H18O5SSi/c1-14-18(15-2,16-3)11-8-6-5-7-10(11)9-17(4,12)13/h5-8H,9H2,1-4H3. The van der Waals surface area contributed by atoms with Gasteiger partial charge in [-0.1, -0.05) is 24.3 Å². The van der Waals surface area contributed by atoms with E-state index in [0.29, 0.717) is 10.8 Å². The van der Waals surface area contributed by atoms with E-state index in [-0.39, 0.29) is 5.75 Å². The molecule has 0 N–H and O–H groups in total. The first kappa shape index (κ1) is 15.3. The van der Waals surface area contributed by atoms with E-state index in [1.165, 1.54) is 27.6 Å². The van der Waals surface area contributed by atoms with Crippen molar-refractivity contribution in [1.82, 2.24) is 0 Å². The van der Waals surface area contributed by atoms with Crippen molar-refractivity contribution >= 4 is 23.8 Å². The molecular weight excluding hydrogens is 272 g/mol. The lowest BCUT2D eigenvalue weighted by atomic mass is 10.2. The third kappa shape index (κ3) is 3.39. The van der Waals surface area contributed by atoms with Crippen LogP contribution in [-0.4, -0.2) is 44.8 Å². The van der Waals surface area contributed by atoms with Crippen LogP contribution in [0, 0.1) is 0 Å². The van der Waals surface area contributed by atoms with E-state index in [0.717, 1.165) is 0 Å². The Balaban J connectivity index is 3.31. The smallest absolute Gasteiger partial charge is 0.373 e. The third-order valence-electron chi connectivity index (χ3n) is 2.57. The molecule has 0 saturated carbocycles. The Labute approximate surface area is 109 Å². The van der Waals surface area contributed by atoms with E-state index < -0.39 is 18.6 Å². The molecule has 0 amide bonds. The Morgan fingerprint density at radius 3 is 2.00 bits per heavy atom. The van der Waals surface area contributed by atoms with Gasteiger partial charge in [-0.3, -0.25) is 0 Å². The molecule has 1 aromatic rings. The highest BCUT2D eigenvalue weighted by Gasteiger charge is 2.42. The molecule has 1 rings (SSSR count). The highest BCUT2D eigenvalue weighted by Crippen LogP contribution is 2.12. The van der Waals surface area contributed by atoms with Gasteiger partial charge in [-0.25, -0.2) is 8.42 Å². The van der Waals surface area contributed by atoms with Gasteiger partial charge < -0.3 is 13.3 Å². The lowest BCUT2D eigenvalue weighted by Crippen LogP contribution is -2.56. The topological polar surface area (TPSA) is 61.8 Å². The average molecular weight is 290 g/mol. The zero-order valence-corrected chi connectivity index (χ0v) is 12.8. The fourth-order valence-corrected chi connectivity index (χ4v) is 4.78. The molecule has 0 bridgehead atoms. The lowest BCUT2D eigenvalue weighted by molar-refractivity contribution is 0.140. The first-order chi connectivity index (χ1) is 8.38. The predicted molar refractivity (Wildman–Crippen MR) is 71.4 cm³/mol. The minimum absolute atomic E-state index is 0.0615. The molecule has 7 heteroatoms. The molecule has 0 radical (unpaired) electrons. The summed E-state index contributed by atoms with van der Waals surface area (Å²) in [6.07, 6.45) is 1.19. The Hall–Kier alpha value is -0.733. The van der Waals surface area contributed by atoms with Crippen LogP contribution >= 0.6 is 0 Å². The Morgan fingerprint density at radius 2 is 1.56 bits per heavy atom. The maximum atomic E-state index is 11.4. The highest BCUT2D eigenvalue weighted by atomic mass is 32.2. The molecule has 0 saturated heterocycles. The molecule has 18 heavy (non-hydrogen) atoms. The number of rotatable bonds is 6. The molecule has 0 heterocycles. The second-order valence-corrected chi connectivity index (χ2v) is 8.91. The maximum Gasteiger partial charge on any atom is 0.536 e. The summed E-state index contributed by atoms with van der Waals surface area (Å²) in [6.45, 7) is 0. The summed E-state index contributed by atoms with van der Waals surface area (Å²) in [4.78, 5) is 0. The second kappa shape index (κ2) is 5.94. The number of benzene rings is 1. The highest BCUT2D eigenvalue weighted by molar-refractivity contribution is 7.89. The molecule has 0 aromatic heterocycles. The van der Waals surface area contributed by atoms with Gasteiger partial charge in [0.25, 0.3) is 0 Å².